The van der Waals surface area contributed by atoms with Gasteiger partial charge in [-0.25, -0.2) is 9.97 Å². The van der Waals surface area contributed by atoms with Crippen LogP contribution in [0.3, 0.4) is 0 Å². The second-order valence-electron chi connectivity index (χ2n) is 8.20. The van der Waals surface area contributed by atoms with E-state index in [2.05, 4.69) is 43.3 Å². The van der Waals surface area contributed by atoms with Gasteiger partial charge in [0.05, 0.1) is 38.3 Å². The third-order valence-corrected chi connectivity index (χ3v) is 6.22. The molecule has 0 spiro atoms. The lowest BCUT2D eigenvalue weighted by Crippen LogP contribution is -2.38. The van der Waals surface area contributed by atoms with Crippen LogP contribution < -0.4 is 20.0 Å². The number of morpholine rings is 2. The van der Waals surface area contributed by atoms with E-state index in [4.69, 9.17) is 26.1 Å². The number of anilines is 6. The first kappa shape index (κ1) is 22.6. The number of hydrogen-bond acceptors (Lipinski definition) is 9. The average Bonchev–Trinajstić information content (AvgIpc) is 2.90. The van der Waals surface area contributed by atoms with E-state index in [1.165, 1.54) is 0 Å². The van der Waals surface area contributed by atoms with E-state index < -0.39 is 0 Å². The number of benzene rings is 1. The molecule has 3 aromatic rings. The van der Waals surface area contributed by atoms with Crippen LogP contribution >= 0.6 is 11.6 Å². The van der Waals surface area contributed by atoms with Crippen molar-refractivity contribution in [2.75, 3.05) is 79.7 Å². The molecule has 0 aliphatic carbocycles. The van der Waals surface area contributed by atoms with Crippen LogP contribution in [0.15, 0.2) is 48.8 Å². The number of aromatic nitrogens is 3. The van der Waals surface area contributed by atoms with Crippen LogP contribution in [0, 0.1) is 0 Å². The van der Waals surface area contributed by atoms with Crippen molar-refractivity contribution in [2.45, 2.75) is 0 Å². The van der Waals surface area contributed by atoms with Crippen molar-refractivity contribution in [2.24, 2.45) is 0 Å². The van der Waals surface area contributed by atoms with Crippen LogP contribution in [-0.4, -0.2) is 74.6 Å². The normalized spacial score (nSPS) is 16.4. The van der Waals surface area contributed by atoms with Crippen molar-refractivity contribution in [1.82, 2.24) is 15.0 Å². The van der Waals surface area contributed by atoms with Gasteiger partial charge < -0.3 is 29.5 Å². The zero-order valence-electron chi connectivity index (χ0n) is 19.2. The fraction of sp³-hybridized carbons (Fsp3) is 0.375. The van der Waals surface area contributed by atoms with Gasteiger partial charge in [-0.15, -0.1) is 0 Å². The third kappa shape index (κ3) is 5.32. The minimum absolute atomic E-state index is 0.457. The van der Waals surface area contributed by atoms with Crippen molar-refractivity contribution < 1.29 is 9.47 Å². The van der Waals surface area contributed by atoms with Crippen LogP contribution in [0.1, 0.15) is 0 Å². The van der Waals surface area contributed by atoms with Crippen LogP contribution in [-0.2, 0) is 9.47 Å². The maximum atomic E-state index is 5.93. The van der Waals surface area contributed by atoms with Gasteiger partial charge >= 0.3 is 0 Å². The van der Waals surface area contributed by atoms with Gasteiger partial charge in [0, 0.05) is 56.5 Å². The minimum Gasteiger partial charge on any atom is -0.378 e. The number of pyridine rings is 1. The molecule has 5 rings (SSSR count). The van der Waals surface area contributed by atoms with E-state index in [0.29, 0.717) is 11.1 Å². The highest BCUT2D eigenvalue weighted by Gasteiger charge is 2.17. The number of nitrogens with one attached hydrogen (secondary N) is 1. The number of halogens is 1. The lowest BCUT2D eigenvalue weighted by molar-refractivity contribution is 0.122. The van der Waals surface area contributed by atoms with E-state index >= 15 is 0 Å². The Hall–Kier alpha value is -3.14. The highest BCUT2D eigenvalue weighted by Crippen LogP contribution is 2.31. The molecule has 0 radical (unpaired) electrons. The molecular formula is C24H28ClN7O2. The minimum atomic E-state index is 0.457. The molecule has 2 fully saturated rings. The molecule has 2 aliphatic rings. The molecule has 0 saturated carbocycles. The van der Waals surface area contributed by atoms with Crippen molar-refractivity contribution >= 4 is 46.1 Å². The fourth-order valence-corrected chi connectivity index (χ4v) is 4.21. The largest absolute Gasteiger partial charge is 0.378 e. The van der Waals surface area contributed by atoms with Crippen LogP contribution in [0.25, 0.3) is 0 Å². The van der Waals surface area contributed by atoms with Crippen molar-refractivity contribution in [3.63, 3.8) is 0 Å². The standard InChI is InChI=1S/C24H28ClN7O2/c1-30(19-2-3-22(25)27-17-19)23-4-5-26-24(29-23)28-18-14-20(31-6-10-33-11-7-31)16-21(15-18)32-8-12-34-13-9-32/h2-5,14-17H,6-13H2,1H3,(H,26,28,29). The highest BCUT2D eigenvalue weighted by atomic mass is 35.5. The number of hydrogen-bond donors (Lipinski definition) is 1. The predicted molar refractivity (Wildman–Crippen MR) is 135 cm³/mol. The zero-order chi connectivity index (χ0) is 23.3. The fourth-order valence-electron chi connectivity index (χ4n) is 4.10. The van der Waals surface area contributed by atoms with Crippen molar-refractivity contribution in [3.8, 4) is 0 Å². The Bertz CT molecular complexity index is 1070. The van der Waals surface area contributed by atoms with E-state index in [-0.39, 0.29) is 0 Å². The SMILES string of the molecule is CN(c1ccc(Cl)nc1)c1ccnc(Nc2cc(N3CCOCC3)cc(N3CCOCC3)c2)n1. The Labute approximate surface area is 204 Å². The monoisotopic (exact) mass is 481 g/mol. The second-order valence-corrected chi connectivity index (χ2v) is 8.59. The molecule has 178 valence electrons. The maximum absolute atomic E-state index is 5.93. The average molecular weight is 482 g/mol. The van der Waals surface area contributed by atoms with Gasteiger partial charge in [-0.1, -0.05) is 11.6 Å². The van der Waals surface area contributed by atoms with E-state index in [1.54, 1.807) is 18.5 Å². The zero-order valence-corrected chi connectivity index (χ0v) is 19.9. The summed E-state index contributed by atoms with van der Waals surface area (Å²) in [7, 11) is 1.94. The van der Waals surface area contributed by atoms with E-state index in [0.717, 1.165) is 81.2 Å². The first-order valence-corrected chi connectivity index (χ1v) is 11.8. The smallest absolute Gasteiger partial charge is 0.229 e. The molecule has 2 aliphatic heterocycles. The molecule has 9 nitrogen and oxygen atoms in total. The molecule has 2 saturated heterocycles. The summed E-state index contributed by atoms with van der Waals surface area (Å²) in [4.78, 5) is 20.0. The predicted octanol–water partition coefficient (Wildman–Crippen LogP) is 3.71. The highest BCUT2D eigenvalue weighted by molar-refractivity contribution is 6.29. The molecule has 0 amide bonds. The Morgan fingerprint density at radius 2 is 1.53 bits per heavy atom. The summed E-state index contributed by atoms with van der Waals surface area (Å²) in [6, 6.07) is 12.1. The molecule has 1 aromatic carbocycles. The molecule has 0 unspecified atom stereocenters. The lowest BCUT2D eigenvalue weighted by Gasteiger charge is -2.33. The van der Waals surface area contributed by atoms with Gasteiger partial charge in [-0.3, -0.25) is 0 Å². The van der Waals surface area contributed by atoms with Gasteiger partial charge in [0.1, 0.15) is 11.0 Å². The Morgan fingerprint density at radius 3 is 2.12 bits per heavy atom. The molecule has 0 atom stereocenters. The summed E-state index contributed by atoms with van der Waals surface area (Å²) in [5, 5.41) is 3.87. The number of ether oxygens (including phenoxy) is 2. The van der Waals surface area contributed by atoms with Gasteiger partial charge in [0.15, 0.2) is 0 Å². The number of rotatable bonds is 6. The summed E-state index contributed by atoms with van der Waals surface area (Å²) in [5.74, 6) is 1.28. The summed E-state index contributed by atoms with van der Waals surface area (Å²) < 4.78 is 11.1. The topological polar surface area (TPSA) is 78.9 Å². The van der Waals surface area contributed by atoms with Gasteiger partial charge in [-0.05, 0) is 36.4 Å². The summed E-state index contributed by atoms with van der Waals surface area (Å²) in [6.45, 7) is 6.44. The first-order chi connectivity index (χ1) is 16.7. The Balaban J connectivity index is 1.41. The summed E-state index contributed by atoms with van der Waals surface area (Å²) >= 11 is 5.93. The number of nitrogens with zero attached hydrogens (tertiary/aromatic N) is 6. The summed E-state index contributed by atoms with van der Waals surface area (Å²) in [5.41, 5.74) is 4.15. The molecule has 0 bridgehead atoms. The molecule has 10 heteroatoms. The van der Waals surface area contributed by atoms with Crippen LogP contribution in [0.4, 0.5) is 34.5 Å². The first-order valence-electron chi connectivity index (χ1n) is 11.4. The summed E-state index contributed by atoms with van der Waals surface area (Å²) in [6.07, 6.45) is 3.47. The Morgan fingerprint density at radius 1 is 0.882 bits per heavy atom. The van der Waals surface area contributed by atoms with Crippen LogP contribution in [0.2, 0.25) is 5.15 Å². The molecular weight excluding hydrogens is 454 g/mol. The second kappa shape index (κ2) is 10.4. The molecule has 34 heavy (non-hydrogen) atoms. The van der Waals surface area contributed by atoms with Crippen molar-refractivity contribution in [3.05, 3.63) is 53.9 Å². The van der Waals surface area contributed by atoms with E-state index in [9.17, 15) is 0 Å². The quantitative estimate of drug-likeness (QED) is 0.530. The third-order valence-electron chi connectivity index (χ3n) is 5.99. The van der Waals surface area contributed by atoms with Gasteiger partial charge in [0.2, 0.25) is 5.95 Å². The molecule has 1 N–H and O–H groups in total. The van der Waals surface area contributed by atoms with Crippen LogP contribution in [0.5, 0.6) is 0 Å². The van der Waals surface area contributed by atoms with E-state index in [1.807, 2.05) is 24.1 Å². The maximum Gasteiger partial charge on any atom is 0.229 e. The Kier molecular flexibility index (Phi) is 6.94. The lowest BCUT2D eigenvalue weighted by atomic mass is 10.2. The van der Waals surface area contributed by atoms with Gasteiger partial charge in [-0.2, -0.15) is 4.98 Å². The molecule has 2 aromatic heterocycles. The van der Waals surface area contributed by atoms with Crippen molar-refractivity contribution in [1.29, 1.82) is 0 Å². The van der Waals surface area contributed by atoms with Gasteiger partial charge in [0.25, 0.3) is 0 Å². The molecule has 4 heterocycles.